The van der Waals surface area contributed by atoms with Crippen LogP contribution in [0.25, 0.3) is 0 Å². The van der Waals surface area contributed by atoms with Crippen molar-refractivity contribution in [3.8, 4) is 11.8 Å². The van der Waals surface area contributed by atoms with Gasteiger partial charge in [0.1, 0.15) is 11.4 Å². The number of carbonyl (C=O) groups excluding carboxylic acids is 2. The molecule has 0 aromatic heterocycles. The molecular weight excluding hydrogens is 334 g/mol. The average Bonchev–Trinajstić information content (AvgIpc) is 2.59. The zero-order valence-electron chi connectivity index (χ0n) is 15.4. The van der Waals surface area contributed by atoms with Gasteiger partial charge in [0, 0.05) is 19.1 Å². The number of ether oxygens (including phenoxy) is 2. The fourth-order valence-corrected chi connectivity index (χ4v) is 2.58. The molecule has 0 bridgehead atoms. The lowest BCUT2D eigenvalue weighted by Gasteiger charge is -2.33. The summed E-state index contributed by atoms with van der Waals surface area (Å²) in [5.41, 5.74) is 0.0313. The van der Waals surface area contributed by atoms with E-state index in [0.29, 0.717) is 37.2 Å². The van der Waals surface area contributed by atoms with Crippen LogP contribution < -0.4 is 10.1 Å². The molecule has 0 saturated carbocycles. The van der Waals surface area contributed by atoms with Crippen molar-refractivity contribution in [1.82, 2.24) is 10.2 Å². The molecule has 1 aliphatic rings. The highest BCUT2D eigenvalue weighted by molar-refractivity contribution is 5.78. The first-order valence-corrected chi connectivity index (χ1v) is 8.67. The first kappa shape index (κ1) is 19.6. The highest BCUT2D eigenvalue weighted by atomic mass is 16.6. The third kappa shape index (κ3) is 6.28. The SMILES string of the molecule is CC(C)(C)OC(=O)N1CCC(NC(=O)COc2ccc(C#N)cc2)CC1. The smallest absolute Gasteiger partial charge is 0.410 e. The monoisotopic (exact) mass is 359 g/mol. The Kier molecular flexibility index (Phi) is 6.45. The fourth-order valence-electron chi connectivity index (χ4n) is 2.58. The van der Waals surface area contributed by atoms with E-state index < -0.39 is 5.60 Å². The maximum absolute atomic E-state index is 12.0. The maximum Gasteiger partial charge on any atom is 0.410 e. The number of nitrogens with one attached hydrogen (secondary N) is 1. The normalized spacial score (nSPS) is 15.1. The van der Waals surface area contributed by atoms with Gasteiger partial charge in [0.15, 0.2) is 6.61 Å². The van der Waals surface area contributed by atoms with Gasteiger partial charge in [0.25, 0.3) is 5.91 Å². The van der Waals surface area contributed by atoms with Crippen LogP contribution in [0.15, 0.2) is 24.3 Å². The van der Waals surface area contributed by atoms with Crippen molar-refractivity contribution in [2.24, 2.45) is 0 Å². The Morgan fingerprint density at radius 2 is 1.85 bits per heavy atom. The largest absolute Gasteiger partial charge is 0.484 e. The van der Waals surface area contributed by atoms with Crippen LogP contribution in [0.2, 0.25) is 0 Å². The van der Waals surface area contributed by atoms with E-state index >= 15 is 0 Å². The Balaban J connectivity index is 1.70. The molecule has 1 N–H and O–H groups in total. The Labute approximate surface area is 153 Å². The molecule has 7 nitrogen and oxygen atoms in total. The van der Waals surface area contributed by atoms with Crippen LogP contribution in [0.5, 0.6) is 5.75 Å². The minimum absolute atomic E-state index is 0.0192. The minimum Gasteiger partial charge on any atom is -0.484 e. The van der Waals surface area contributed by atoms with Crippen LogP contribution in [0.1, 0.15) is 39.2 Å². The van der Waals surface area contributed by atoms with E-state index in [9.17, 15) is 9.59 Å². The van der Waals surface area contributed by atoms with Gasteiger partial charge in [-0.15, -0.1) is 0 Å². The van der Waals surface area contributed by atoms with Gasteiger partial charge in [-0.25, -0.2) is 4.79 Å². The van der Waals surface area contributed by atoms with Crippen molar-refractivity contribution in [2.75, 3.05) is 19.7 Å². The zero-order valence-corrected chi connectivity index (χ0v) is 15.4. The number of benzene rings is 1. The molecule has 0 radical (unpaired) electrons. The number of nitrogens with zero attached hydrogens (tertiary/aromatic N) is 2. The number of hydrogen-bond donors (Lipinski definition) is 1. The lowest BCUT2D eigenvalue weighted by atomic mass is 10.1. The second kappa shape index (κ2) is 8.56. The van der Waals surface area contributed by atoms with Crippen LogP contribution in [-0.4, -0.2) is 48.2 Å². The molecule has 2 amide bonds. The summed E-state index contributed by atoms with van der Waals surface area (Å²) in [6.45, 7) is 6.54. The molecule has 7 heteroatoms. The molecular formula is C19H25N3O4. The molecule has 0 spiro atoms. The Morgan fingerprint density at radius 1 is 1.23 bits per heavy atom. The van der Waals surface area contributed by atoms with Crippen LogP contribution in [0.4, 0.5) is 4.79 Å². The van der Waals surface area contributed by atoms with Crippen molar-refractivity contribution in [3.05, 3.63) is 29.8 Å². The van der Waals surface area contributed by atoms with Crippen molar-refractivity contribution < 1.29 is 19.1 Å². The number of likely N-dealkylation sites (tertiary alicyclic amines) is 1. The number of carbonyl (C=O) groups is 2. The van der Waals surface area contributed by atoms with Crippen LogP contribution in [0.3, 0.4) is 0 Å². The number of rotatable bonds is 4. The van der Waals surface area contributed by atoms with E-state index in [-0.39, 0.29) is 24.6 Å². The van der Waals surface area contributed by atoms with Gasteiger partial charge in [0.2, 0.25) is 0 Å². The van der Waals surface area contributed by atoms with Gasteiger partial charge < -0.3 is 19.7 Å². The quantitative estimate of drug-likeness (QED) is 0.891. The van der Waals surface area contributed by atoms with E-state index in [4.69, 9.17) is 14.7 Å². The molecule has 0 unspecified atom stereocenters. The number of hydrogen-bond acceptors (Lipinski definition) is 5. The molecule has 1 heterocycles. The summed E-state index contributed by atoms with van der Waals surface area (Å²) in [5, 5.41) is 11.7. The number of piperidine rings is 1. The summed E-state index contributed by atoms with van der Waals surface area (Å²) < 4.78 is 10.8. The lowest BCUT2D eigenvalue weighted by molar-refractivity contribution is -0.124. The Morgan fingerprint density at radius 3 is 2.38 bits per heavy atom. The zero-order chi connectivity index (χ0) is 19.2. The van der Waals surface area contributed by atoms with E-state index in [1.165, 1.54) is 0 Å². The topological polar surface area (TPSA) is 91.7 Å². The predicted molar refractivity (Wildman–Crippen MR) is 95.6 cm³/mol. The molecule has 140 valence electrons. The van der Waals surface area contributed by atoms with Crippen molar-refractivity contribution >= 4 is 12.0 Å². The van der Waals surface area contributed by atoms with E-state index in [1.807, 2.05) is 26.8 Å². The van der Waals surface area contributed by atoms with Gasteiger partial charge in [-0.2, -0.15) is 5.26 Å². The molecule has 1 aromatic carbocycles. The summed E-state index contributed by atoms with van der Waals surface area (Å²) in [4.78, 5) is 25.7. The van der Waals surface area contributed by atoms with E-state index in [0.717, 1.165) is 0 Å². The van der Waals surface area contributed by atoms with Gasteiger partial charge in [-0.3, -0.25) is 4.79 Å². The molecule has 1 aromatic rings. The summed E-state index contributed by atoms with van der Waals surface area (Å²) >= 11 is 0. The van der Waals surface area contributed by atoms with Gasteiger partial charge >= 0.3 is 6.09 Å². The molecule has 1 aliphatic heterocycles. The second-order valence-corrected chi connectivity index (χ2v) is 7.23. The highest BCUT2D eigenvalue weighted by Crippen LogP contribution is 2.16. The van der Waals surface area contributed by atoms with Crippen LogP contribution in [0, 0.1) is 11.3 Å². The Bertz CT molecular complexity index is 666. The number of amides is 2. The van der Waals surface area contributed by atoms with Gasteiger partial charge in [-0.1, -0.05) is 0 Å². The highest BCUT2D eigenvalue weighted by Gasteiger charge is 2.27. The lowest BCUT2D eigenvalue weighted by Crippen LogP contribution is -2.48. The minimum atomic E-state index is -0.509. The van der Waals surface area contributed by atoms with Crippen LogP contribution in [-0.2, 0) is 9.53 Å². The average molecular weight is 359 g/mol. The molecule has 1 saturated heterocycles. The number of nitriles is 1. The Hall–Kier alpha value is -2.75. The summed E-state index contributed by atoms with van der Waals surface area (Å²) in [6, 6.07) is 8.64. The molecule has 0 aliphatic carbocycles. The molecule has 26 heavy (non-hydrogen) atoms. The second-order valence-electron chi connectivity index (χ2n) is 7.23. The summed E-state index contributed by atoms with van der Waals surface area (Å²) in [5.74, 6) is 0.337. The standard InChI is InChI=1S/C19H25N3O4/c1-19(2,3)26-18(24)22-10-8-15(9-11-22)21-17(23)13-25-16-6-4-14(12-20)5-7-16/h4-7,15H,8-11,13H2,1-3H3,(H,21,23). The van der Waals surface area contributed by atoms with E-state index in [1.54, 1.807) is 29.2 Å². The predicted octanol–water partition coefficient (Wildman–Crippen LogP) is 2.45. The summed E-state index contributed by atoms with van der Waals surface area (Å²) in [7, 11) is 0. The third-order valence-electron chi connectivity index (χ3n) is 3.87. The van der Waals surface area contributed by atoms with Gasteiger partial charge in [0.05, 0.1) is 11.6 Å². The maximum atomic E-state index is 12.0. The summed E-state index contributed by atoms with van der Waals surface area (Å²) in [6.07, 6.45) is 1.05. The van der Waals surface area contributed by atoms with E-state index in [2.05, 4.69) is 5.32 Å². The molecule has 2 rings (SSSR count). The van der Waals surface area contributed by atoms with Crippen molar-refractivity contribution in [2.45, 2.75) is 45.3 Å². The fraction of sp³-hybridized carbons (Fsp3) is 0.526. The van der Waals surface area contributed by atoms with Crippen molar-refractivity contribution in [3.63, 3.8) is 0 Å². The van der Waals surface area contributed by atoms with Gasteiger partial charge in [-0.05, 0) is 57.9 Å². The van der Waals surface area contributed by atoms with Crippen LogP contribution >= 0.6 is 0 Å². The molecule has 0 atom stereocenters. The third-order valence-corrected chi connectivity index (χ3v) is 3.87. The first-order valence-electron chi connectivity index (χ1n) is 8.67. The molecule has 1 fully saturated rings. The first-order chi connectivity index (χ1) is 12.3. The van der Waals surface area contributed by atoms with Crippen molar-refractivity contribution in [1.29, 1.82) is 5.26 Å².